The van der Waals surface area contributed by atoms with E-state index in [-0.39, 0.29) is 4.75 Å². The fourth-order valence-corrected chi connectivity index (χ4v) is 3.52. The Bertz CT molecular complexity index is 166. The Labute approximate surface area is 115 Å². The minimum absolute atomic E-state index is 0.261. The molecule has 2 aliphatic rings. The van der Waals surface area contributed by atoms with Gasteiger partial charge < -0.3 is 0 Å². The van der Waals surface area contributed by atoms with Gasteiger partial charge in [0, 0.05) is 4.75 Å². The monoisotopic (exact) mass is 258 g/mol. The number of thiol groups is 1. The van der Waals surface area contributed by atoms with Gasteiger partial charge in [0.05, 0.1) is 0 Å². The van der Waals surface area contributed by atoms with Crippen molar-refractivity contribution in [2.45, 2.75) is 84.8 Å². The maximum Gasteiger partial charge on any atom is 0.0101 e. The van der Waals surface area contributed by atoms with E-state index in [0.717, 1.165) is 17.8 Å². The SMILES string of the molecule is CC.CC.CC(C)(S)C1CC2CCCCC2C1. The van der Waals surface area contributed by atoms with E-state index in [9.17, 15) is 0 Å². The van der Waals surface area contributed by atoms with Crippen LogP contribution >= 0.6 is 12.6 Å². The Morgan fingerprint density at radius 3 is 1.47 bits per heavy atom. The first-order valence-corrected chi connectivity index (χ1v) is 8.24. The van der Waals surface area contributed by atoms with Crippen LogP contribution in [0, 0.1) is 17.8 Å². The summed E-state index contributed by atoms with van der Waals surface area (Å²) >= 11 is 4.73. The molecule has 0 aromatic rings. The molecule has 0 aromatic carbocycles. The zero-order valence-corrected chi connectivity index (χ0v) is 13.8. The average Bonchev–Trinajstić information content (AvgIpc) is 2.78. The Morgan fingerprint density at radius 2 is 1.18 bits per heavy atom. The van der Waals surface area contributed by atoms with E-state index >= 15 is 0 Å². The smallest absolute Gasteiger partial charge is 0.0101 e. The van der Waals surface area contributed by atoms with E-state index in [0.29, 0.717) is 0 Å². The normalized spacial score (nSPS) is 31.6. The summed E-state index contributed by atoms with van der Waals surface area (Å²) in [5.41, 5.74) is 0. The van der Waals surface area contributed by atoms with Crippen molar-refractivity contribution < 1.29 is 0 Å². The minimum atomic E-state index is 0.261. The highest BCUT2D eigenvalue weighted by Gasteiger charge is 2.40. The van der Waals surface area contributed by atoms with Crippen molar-refractivity contribution in [3.05, 3.63) is 0 Å². The lowest BCUT2D eigenvalue weighted by atomic mass is 9.82. The highest BCUT2D eigenvalue weighted by molar-refractivity contribution is 7.81. The molecule has 0 spiro atoms. The third-order valence-corrected chi connectivity index (χ3v) is 4.61. The third kappa shape index (κ3) is 5.24. The molecule has 0 radical (unpaired) electrons. The Balaban J connectivity index is 0.000000581. The van der Waals surface area contributed by atoms with Gasteiger partial charge in [-0.25, -0.2) is 0 Å². The number of hydrogen-bond acceptors (Lipinski definition) is 1. The second-order valence-electron chi connectivity index (χ2n) is 5.63. The van der Waals surface area contributed by atoms with Crippen LogP contribution in [0.2, 0.25) is 0 Å². The van der Waals surface area contributed by atoms with E-state index in [4.69, 9.17) is 12.6 Å². The summed E-state index contributed by atoms with van der Waals surface area (Å²) < 4.78 is 0.261. The predicted molar refractivity (Wildman–Crippen MR) is 83.9 cm³/mol. The van der Waals surface area contributed by atoms with Crippen LogP contribution in [0.25, 0.3) is 0 Å². The molecular weight excluding hydrogens is 224 g/mol. The topological polar surface area (TPSA) is 0 Å². The molecule has 0 aromatic heterocycles. The Hall–Kier alpha value is 0.350. The van der Waals surface area contributed by atoms with Crippen LogP contribution in [0.5, 0.6) is 0 Å². The molecule has 0 nitrogen and oxygen atoms in total. The van der Waals surface area contributed by atoms with Gasteiger partial charge in [-0.3, -0.25) is 0 Å². The van der Waals surface area contributed by atoms with Gasteiger partial charge in [-0.2, -0.15) is 12.6 Å². The summed E-state index contributed by atoms with van der Waals surface area (Å²) in [6.07, 6.45) is 8.90. The van der Waals surface area contributed by atoms with Crippen LogP contribution in [0.4, 0.5) is 0 Å². The van der Waals surface area contributed by atoms with Crippen molar-refractivity contribution in [3.8, 4) is 0 Å². The van der Waals surface area contributed by atoms with Gasteiger partial charge >= 0.3 is 0 Å². The summed E-state index contributed by atoms with van der Waals surface area (Å²) in [7, 11) is 0. The molecule has 17 heavy (non-hydrogen) atoms. The molecule has 0 saturated heterocycles. The van der Waals surface area contributed by atoms with Crippen LogP contribution in [0.1, 0.15) is 80.1 Å². The molecule has 1 heteroatoms. The van der Waals surface area contributed by atoms with E-state index in [1.54, 1.807) is 0 Å². The van der Waals surface area contributed by atoms with E-state index in [1.807, 2.05) is 27.7 Å². The average molecular weight is 259 g/mol. The molecule has 2 unspecified atom stereocenters. The van der Waals surface area contributed by atoms with Crippen LogP contribution < -0.4 is 0 Å². The van der Waals surface area contributed by atoms with Gasteiger partial charge in [-0.1, -0.05) is 67.2 Å². The molecule has 2 atom stereocenters. The van der Waals surface area contributed by atoms with Crippen molar-refractivity contribution >= 4 is 12.6 Å². The van der Waals surface area contributed by atoms with Gasteiger partial charge in [0.15, 0.2) is 0 Å². The fourth-order valence-electron chi connectivity index (χ4n) is 3.31. The first-order valence-electron chi connectivity index (χ1n) is 7.80. The van der Waals surface area contributed by atoms with Crippen molar-refractivity contribution in [1.82, 2.24) is 0 Å². The molecular formula is C16H34S. The zero-order valence-electron chi connectivity index (χ0n) is 12.9. The highest BCUT2D eigenvalue weighted by atomic mass is 32.1. The third-order valence-electron chi connectivity index (χ3n) is 4.24. The number of hydrogen-bond donors (Lipinski definition) is 1. The Kier molecular flexibility index (Phi) is 8.63. The zero-order chi connectivity index (χ0) is 13.5. The van der Waals surface area contributed by atoms with Crippen molar-refractivity contribution in [2.75, 3.05) is 0 Å². The van der Waals surface area contributed by atoms with Crippen molar-refractivity contribution in [1.29, 1.82) is 0 Å². The van der Waals surface area contributed by atoms with Gasteiger partial charge in [0.1, 0.15) is 0 Å². The Morgan fingerprint density at radius 1 is 0.824 bits per heavy atom. The summed E-state index contributed by atoms with van der Waals surface area (Å²) in [6, 6.07) is 0. The van der Waals surface area contributed by atoms with Gasteiger partial charge in [0.25, 0.3) is 0 Å². The van der Waals surface area contributed by atoms with Crippen LogP contribution in [0.15, 0.2) is 0 Å². The van der Waals surface area contributed by atoms with Crippen LogP contribution in [-0.2, 0) is 0 Å². The largest absolute Gasteiger partial charge is 0.173 e. The maximum atomic E-state index is 4.73. The summed E-state index contributed by atoms with van der Waals surface area (Å²) in [6.45, 7) is 12.6. The molecule has 0 aliphatic heterocycles. The lowest BCUT2D eigenvalue weighted by molar-refractivity contribution is 0.277. The van der Waals surface area contributed by atoms with Crippen molar-refractivity contribution in [2.24, 2.45) is 17.8 Å². The van der Waals surface area contributed by atoms with E-state index in [1.165, 1.54) is 38.5 Å². The molecule has 2 saturated carbocycles. The molecule has 0 heterocycles. The standard InChI is InChI=1S/C12H22S.2C2H6/c1-12(2,13)11-7-9-5-3-4-6-10(9)8-11;2*1-2/h9-11,13H,3-8H2,1-2H3;2*1-2H3. The second kappa shape index (κ2) is 8.45. The first kappa shape index (κ1) is 17.4. The summed E-state index contributed by atoms with van der Waals surface area (Å²) in [5, 5.41) is 0. The van der Waals surface area contributed by atoms with E-state index in [2.05, 4.69) is 13.8 Å². The molecule has 104 valence electrons. The molecule has 0 bridgehead atoms. The van der Waals surface area contributed by atoms with Gasteiger partial charge in [-0.15, -0.1) is 0 Å². The molecule has 2 rings (SSSR count). The predicted octanol–water partition coefficient (Wildman–Crippen LogP) is 5.96. The maximum absolute atomic E-state index is 4.73. The molecule has 0 N–H and O–H groups in total. The molecule has 0 amide bonds. The van der Waals surface area contributed by atoms with Crippen molar-refractivity contribution in [3.63, 3.8) is 0 Å². The fraction of sp³-hybridized carbons (Fsp3) is 1.00. The lowest BCUT2D eigenvalue weighted by Gasteiger charge is -2.25. The molecule has 2 fully saturated rings. The lowest BCUT2D eigenvalue weighted by Crippen LogP contribution is -2.22. The van der Waals surface area contributed by atoms with Crippen LogP contribution in [-0.4, -0.2) is 4.75 Å². The van der Waals surface area contributed by atoms with Gasteiger partial charge in [0.2, 0.25) is 0 Å². The molecule has 2 aliphatic carbocycles. The van der Waals surface area contributed by atoms with Crippen LogP contribution in [0.3, 0.4) is 0 Å². The van der Waals surface area contributed by atoms with E-state index < -0.39 is 0 Å². The minimum Gasteiger partial charge on any atom is -0.173 e. The first-order chi connectivity index (χ1) is 8.07. The summed E-state index contributed by atoms with van der Waals surface area (Å²) in [5.74, 6) is 3.00. The van der Waals surface area contributed by atoms with Gasteiger partial charge in [-0.05, 0) is 30.6 Å². The second-order valence-corrected chi connectivity index (χ2v) is 6.78. The quantitative estimate of drug-likeness (QED) is 0.551. The highest BCUT2D eigenvalue weighted by Crippen LogP contribution is 2.49. The number of fused-ring (bicyclic) bond motifs is 1. The summed E-state index contributed by atoms with van der Waals surface area (Å²) in [4.78, 5) is 0. The number of rotatable bonds is 1.